The molecular weight excluding hydrogens is 504 g/mol. The van der Waals surface area contributed by atoms with Gasteiger partial charge in [0.1, 0.15) is 5.54 Å². The molecule has 5 rings (SSSR count). The van der Waals surface area contributed by atoms with Gasteiger partial charge in [-0.1, -0.05) is 24.3 Å². The Morgan fingerprint density at radius 2 is 1.95 bits per heavy atom. The molecule has 0 aliphatic carbocycles. The molecule has 2 amide bonds. The maximum atomic E-state index is 13.7. The van der Waals surface area contributed by atoms with Crippen LogP contribution in [0.1, 0.15) is 36.2 Å². The van der Waals surface area contributed by atoms with Crippen LogP contribution in [-0.4, -0.2) is 45.3 Å². The molecule has 0 spiro atoms. The molecule has 1 saturated heterocycles. The van der Waals surface area contributed by atoms with Crippen LogP contribution in [0, 0.1) is 24.2 Å². The van der Waals surface area contributed by atoms with Crippen molar-refractivity contribution in [3.63, 3.8) is 0 Å². The van der Waals surface area contributed by atoms with Crippen molar-refractivity contribution in [1.82, 2.24) is 14.8 Å². The van der Waals surface area contributed by atoms with Crippen molar-refractivity contribution in [3.05, 3.63) is 90.5 Å². The summed E-state index contributed by atoms with van der Waals surface area (Å²) in [4.78, 5) is 32.2. The van der Waals surface area contributed by atoms with E-state index in [0.717, 1.165) is 16.7 Å². The number of nitriles is 1. The first kappa shape index (κ1) is 26.8. The number of hydrogen-bond acceptors (Lipinski definition) is 6. The van der Waals surface area contributed by atoms with E-state index in [1.54, 1.807) is 67.5 Å². The summed E-state index contributed by atoms with van der Waals surface area (Å²) in [5.41, 5.74) is 3.70. The molecule has 0 radical (unpaired) electrons. The monoisotopic (exact) mass is 534 g/mol. The zero-order chi connectivity index (χ0) is 28.3. The molecule has 3 heterocycles. The quantitative estimate of drug-likeness (QED) is 0.350. The number of anilines is 2. The van der Waals surface area contributed by atoms with Crippen LogP contribution >= 0.6 is 0 Å². The highest BCUT2D eigenvalue weighted by atomic mass is 16.5. The van der Waals surface area contributed by atoms with E-state index in [2.05, 4.69) is 21.5 Å². The third-order valence-corrected chi connectivity index (χ3v) is 7.03. The Balaban J connectivity index is 1.49. The first-order chi connectivity index (χ1) is 19.3. The summed E-state index contributed by atoms with van der Waals surface area (Å²) >= 11 is 0. The molecule has 4 aromatic rings. The van der Waals surface area contributed by atoms with Gasteiger partial charge in [0.05, 0.1) is 41.9 Å². The van der Waals surface area contributed by atoms with E-state index < -0.39 is 5.54 Å². The Bertz CT molecular complexity index is 1580. The number of carbonyl (C=O) groups excluding carboxylic acids is 2. The predicted octanol–water partition coefficient (Wildman–Crippen LogP) is 5.17. The standard InChI is InChI=1S/C31H30N6O3/c1-21-9-10-25(15-28(21)37(31(2,3)20-32)30(39)22-7-5-4-6-8-22)36-18-24(16-34-36)26-17-33-13-11-27(26)35-29(38)23-12-14-40-19-23/h4-11,13,15-18,23H,12,14,19H2,1-3H3,(H,33,35,38). The van der Waals surface area contributed by atoms with E-state index in [1.165, 1.54) is 4.90 Å². The largest absolute Gasteiger partial charge is 0.381 e. The maximum absolute atomic E-state index is 13.7. The minimum Gasteiger partial charge on any atom is -0.381 e. The molecule has 2 aromatic heterocycles. The number of aryl methyl sites for hydroxylation is 1. The normalized spacial score (nSPS) is 14.9. The second-order valence-electron chi connectivity index (χ2n) is 10.3. The van der Waals surface area contributed by atoms with Gasteiger partial charge >= 0.3 is 0 Å². The Kier molecular flexibility index (Phi) is 7.45. The summed E-state index contributed by atoms with van der Waals surface area (Å²) in [6, 6.07) is 18.7. The first-order valence-corrected chi connectivity index (χ1v) is 13.1. The fourth-order valence-corrected chi connectivity index (χ4v) is 4.72. The highest BCUT2D eigenvalue weighted by Gasteiger charge is 2.34. The van der Waals surface area contributed by atoms with Gasteiger partial charge in [0.15, 0.2) is 0 Å². The minimum absolute atomic E-state index is 0.0798. The lowest BCUT2D eigenvalue weighted by Crippen LogP contribution is -2.47. The van der Waals surface area contributed by atoms with Crippen LogP contribution in [0.2, 0.25) is 0 Å². The topological polar surface area (TPSA) is 113 Å². The second-order valence-corrected chi connectivity index (χ2v) is 10.3. The molecule has 1 fully saturated rings. The van der Waals surface area contributed by atoms with Crippen molar-refractivity contribution in [2.75, 3.05) is 23.4 Å². The van der Waals surface area contributed by atoms with Crippen molar-refractivity contribution in [2.45, 2.75) is 32.7 Å². The van der Waals surface area contributed by atoms with E-state index in [-0.39, 0.29) is 17.7 Å². The molecule has 1 aliphatic rings. The van der Waals surface area contributed by atoms with Crippen LogP contribution in [0.3, 0.4) is 0 Å². The van der Waals surface area contributed by atoms with Gasteiger partial charge in [0.2, 0.25) is 5.91 Å². The predicted molar refractivity (Wildman–Crippen MR) is 152 cm³/mol. The Morgan fingerprint density at radius 3 is 2.67 bits per heavy atom. The van der Waals surface area contributed by atoms with Gasteiger partial charge in [-0.2, -0.15) is 10.4 Å². The van der Waals surface area contributed by atoms with E-state index in [9.17, 15) is 14.9 Å². The van der Waals surface area contributed by atoms with Crippen molar-refractivity contribution in [3.8, 4) is 22.9 Å². The van der Waals surface area contributed by atoms with Crippen LogP contribution in [0.25, 0.3) is 16.8 Å². The number of benzene rings is 2. The summed E-state index contributed by atoms with van der Waals surface area (Å²) in [6.07, 6.45) is 7.58. The molecule has 202 valence electrons. The van der Waals surface area contributed by atoms with Gasteiger partial charge in [-0.05, 0) is 63.1 Å². The number of hydrogen-bond donors (Lipinski definition) is 1. The number of pyridine rings is 1. The van der Waals surface area contributed by atoms with Crippen molar-refractivity contribution >= 4 is 23.2 Å². The SMILES string of the molecule is Cc1ccc(-n2cc(-c3cnccc3NC(=O)C3CCOC3)cn2)cc1N(C(=O)c1ccccc1)C(C)(C)C#N. The van der Waals surface area contributed by atoms with Crippen molar-refractivity contribution < 1.29 is 14.3 Å². The molecule has 1 aliphatic heterocycles. The molecular formula is C31H30N6O3. The molecule has 1 N–H and O–H groups in total. The fraction of sp³-hybridized carbons (Fsp3) is 0.258. The minimum atomic E-state index is -1.11. The number of amides is 2. The van der Waals surface area contributed by atoms with Crippen LogP contribution in [0.5, 0.6) is 0 Å². The van der Waals surface area contributed by atoms with E-state index in [0.29, 0.717) is 42.3 Å². The van der Waals surface area contributed by atoms with E-state index in [4.69, 9.17) is 4.74 Å². The van der Waals surface area contributed by atoms with Crippen LogP contribution in [0.15, 0.2) is 79.4 Å². The zero-order valence-corrected chi connectivity index (χ0v) is 22.7. The number of nitrogens with one attached hydrogen (secondary N) is 1. The third-order valence-electron chi connectivity index (χ3n) is 7.03. The maximum Gasteiger partial charge on any atom is 0.259 e. The lowest BCUT2D eigenvalue weighted by molar-refractivity contribution is -0.119. The smallest absolute Gasteiger partial charge is 0.259 e. The fourth-order valence-electron chi connectivity index (χ4n) is 4.72. The van der Waals surface area contributed by atoms with Gasteiger partial charge < -0.3 is 10.1 Å². The highest BCUT2D eigenvalue weighted by molar-refractivity contribution is 6.08. The Labute approximate surface area is 233 Å². The summed E-state index contributed by atoms with van der Waals surface area (Å²) in [7, 11) is 0. The average molecular weight is 535 g/mol. The molecule has 0 saturated carbocycles. The van der Waals surface area contributed by atoms with Crippen molar-refractivity contribution in [1.29, 1.82) is 5.26 Å². The highest BCUT2D eigenvalue weighted by Crippen LogP contribution is 2.33. The van der Waals surface area contributed by atoms with Gasteiger partial charge in [0, 0.05) is 41.9 Å². The Morgan fingerprint density at radius 1 is 1.15 bits per heavy atom. The molecule has 1 atom stereocenters. The molecule has 1 unspecified atom stereocenters. The lowest BCUT2D eigenvalue weighted by atomic mass is 9.99. The van der Waals surface area contributed by atoms with Gasteiger partial charge in [-0.3, -0.25) is 19.5 Å². The van der Waals surface area contributed by atoms with Crippen LogP contribution in [0.4, 0.5) is 11.4 Å². The Hall–Kier alpha value is -4.81. The first-order valence-electron chi connectivity index (χ1n) is 13.1. The van der Waals surface area contributed by atoms with E-state index in [1.807, 2.05) is 37.4 Å². The molecule has 2 aromatic carbocycles. The summed E-state index contributed by atoms with van der Waals surface area (Å²) in [6.45, 7) is 6.37. The van der Waals surface area contributed by atoms with Crippen molar-refractivity contribution in [2.24, 2.45) is 5.92 Å². The number of ether oxygens (including phenoxy) is 1. The summed E-state index contributed by atoms with van der Waals surface area (Å²) in [5.74, 6) is -0.519. The van der Waals surface area contributed by atoms with Gasteiger partial charge in [0.25, 0.3) is 5.91 Å². The molecule has 9 nitrogen and oxygen atoms in total. The number of aromatic nitrogens is 3. The average Bonchev–Trinajstić information content (AvgIpc) is 3.68. The van der Waals surface area contributed by atoms with E-state index >= 15 is 0 Å². The molecule has 40 heavy (non-hydrogen) atoms. The zero-order valence-electron chi connectivity index (χ0n) is 22.7. The summed E-state index contributed by atoms with van der Waals surface area (Å²) < 4.78 is 7.06. The lowest BCUT2D eigenvalue weighted by Gasteiger charge is -2.34. The molecule has 9 heteroatoms. The molecule has 0 bridgehead atoms. The van der Waals surface area contributed by atoms with Crippen LogP contribution in [-0.2, 0) is 9.53 Å². The number of nitrogens with zero attached hydrogens (tertiary/aromatic N) is 5. The second kappa shape index (κ2) is 11.1. The number of carbonyl (C=O) groups is 2. The van der Waals surface area contributed by atoms with Gasteiger partial charge in [-0.25, -0.2) is 4.68 Å². The number of rotatable bonds is 7. The van der Waals surface area contributed by atoms with Gasteiger partial charge in [-0.15, -0.1) is 0 Å². The van der Waals surface area contributed by atoms with Crippen LogP contribution < -0.4 is 10.2 Å². The third kappa shape index (κ3) is 5.35. The summed E-state index contributed by atoms with van der Waals surface area (Å²) in [5, 5.41) is 17.6.